The van der Waals surface area contributed by atoms with Gasteiger partial charge in [0.25, 0.3) is 5.56 Å². The summed E-state index contributed by atoms with van der Waals surface area (Å²) in [6.45, 7) is 2.74. The lowest BCUT2D eigenvalue weighted by Crippen LogP contribution is -2.26. The quantitative estimate of drug-likeness (QED) is 0.384. The van der Waals surface area contributed by atoms with Gasteiger partial charge >= 0.3 is 0 Å². The molecule has 0 aliphatic carbocycles. The fraction of sp³-hybridized carbons (Fsp3) is 0.294. The average Bonchev–Trinajstić information content (AvgIpc) is 3.05. The highest BCUT2D eigenvalue weighted by Crippen LogP contribution is 2.17. The average molecular weight is 357 g/mol. The molecule has 2 heterocycles. The van der Waals surface area contributed by atoms with Crippen molar-refractivity contribution in [1.29, 1.82) is 0 Å². The zero-order chi connectivity index (χ0) is 17.6. The molecule has 3 rings (SSSR count). The SMILES string of the molecule is CCCCNC(=O)CSc1nc2c(cnn2-c2ccccc2)c(=O)[nH]1. The first-order valence-corrected chi connectivity index (χ1v) is 9.10. The van der Waals surface area contributed by atoms with Crippen molar-refractivity contribution >= 4 is 28.7 Å². The van der Waals surface area contributed by atoms with Gasteiger partial charge < -0.3 is 10.3 Å². The van der Waals surface area contributed by atoms with Crippen molar-refractivity contribution in [3.63, 3.8) is 0 Å². The highest BCUT2D eigenvalue weighted by atomic mass is 32.2. The largest absolute Gasteiger partial charge is 0.355 e. The Hall–Kier alpha value is -2.61. The first-order valence-electron chi connectivity index (χ1n) is 8.12. The standard InChI is InChI=1S/C17H19N5O2S/c1-2-3-9-18-14(23)11-25-17-20-15-13(16(24)21-17)10-19-22(15)12-7-5-4-6-8-12/h4-8,10H,2-3,9,11H2,1H3,(H,18,23)(H,20,21,24). The van der Waals surface area contributed by atoms with E-state index in [1.165, 1.54) is 18.0 Å². The van der Waals surface area contributed by atoms with Crippen LogP contribution in [0.25, 0.3) is 16.7 Å². The summed E-state index contributed by atoms with van der Waals surface area (Å²) in [4.78, 5) is 31.2. The van der Waals surface area contributed by atoms with Crippen LogP contribution in [0.3, 0.4) is 0 Å². The van der Waals surface area contributed by atoms with Gasteiger partial charge in [0.05, 0.1) is 17.6 Å². The van der Waals surface area contributed by atoms with E-state index in [9.17, 15) is 9.59 Å². The third kappa shape index (κ3) is 4.08. The van der Waals surface area contributed by atoms with Crippen LogP contribution >= 0.6 is 11.8 Å². The second-order valence-electron chi connectivity index (χ2n) is 5.49. The van der Waals surface area contributed by atoms with Crippen LogP contribution in [0.4, 0.5) is 0 Å². The van der Waals surface area contributed by atoms with Gasteiger partial charge in [-0.15, -0.1) is 0 Å². The molecule has 2 N–H and O–H groups in total. The van der Waals surface area contributed by atoms with Gasteiger partial charge in [-0.3, -0.25) is 9.59 Å². The van der Waals surface area contributed by atoms with E-state index in [0.717, 1.165) is 18.5 Å². The van der Waals surface area contributed by atoms with E-state index in [-0.39, 0.29) is 17.2 Å². The predicted molar refractivity (Wildman–Crippen MR) is 98.1 cm³/mol. The van der Waals surface area contributed by atoms with Crippen molar-refractivity contribution in [1.82, 2.24) is 25.1 Å². The number of thioether (sulfide) groups is 1. The molecule has 0 atom stereocenters. The van der Waals surface area contributed by atoms with Gasteiger partial charge in [-0.05, 0) is 18.6 Å². The van der Waals surface area contributed by atoms with Crippen LogP contribution in [0.2, 0.25) is 0 Å². The molecule has 0 spiro atoms. The van der Waals surface area contributed by atoms with E-state index in [2.05, 4.69) is 27.3 Å². The van der Waals surface area contributed by atoms with Gasteiger partial charge in [-0.25, -0.2) is 9.67 Å². The zero-order valence-corrected chi connectivity index (χ0v) is 14.7. The van der Waals surface area contributed by atoms with Gasteiger partial charge in [0, 0.05) is 6.54 Å². The van der Waals surface area contributed by atoms with Gasteiger partial charge in [-0.2, -0.15) is 5.10 Å². The molecule has 1 aromatic carbocycles. The lowest BCUT2D eigenvalue weighted by atomic mass is 10.3. The molecule has 8 heteroatoms. The second kappa shape index (κ2) is 7.98. The Morgan fingerprint density at radius 1 is 1.32 bits per heavy atom. The number of aromatic amines is 1. The number of H-pyrrole nitrogens is 1. The summed E-state index contributed by atoms with van der Waals surface area (Å²) in [5.41, 5.74) is 1.04. The normalized spacial score (nSPS) is 10.9. The Kier molecular flexibility index (Phi) is 5.49. The number of fused-ring (bicyclic) bond motifs is 1. The Bertz CT molecular complexity index is 920. The summed E-state index contributed by atoms with van der Waals surface area (Å²) >= 11 is 1.20. The highest BCUT2D eigenvalue weighted by Gasteiger charge is 2.12. The van der Waals surface area contributed by atoms with Crippen LogP contribution in [-0.2, 0) is 4.79 Å². The number of carbonyl (C=O) groups excluding carboxylic acids is 1. The number of benzene rings is 1. The summed E-state index contributed by atoms with van der Waals surface area (Å²) in [6.07, 6.45) is 3.48. The summed E-state index contributed by atoms with van der Waals surface area (Å²) < 4.78 is 1.62. The Labute approximate surface area is 148 Å². The summed E-state index contributed by atoms with van der Waals surface area (Å²) in [7, 11) is 0. The molecule has 0 fully saturated rings. The fourth-order valence-electron chi connectivity index (χ4n) is 2.31. The molecule has 1 amide bonds. The number of hydrogen-bond donors (Lipinski definition) is 2. The van der Waals surface area contributed by atoms with Gasteiger partial charge in [-0.1, -0.05) is 43.3 Å². The summed E-state index contributed by atoms with van der Waals surface area (Å²) in [5, 5.41) is 7.92. The molecule has 0 saturated carbocycles. The minimum atomic E-state index is -0.263. The van der Waals surface area contributed by atoms with Crippen molar-refractivity contribution in [3.05, 3.63) is 46.9 Å². The Morgan fingerprint density at radius 2 is 2.12 bits per heavy atom. The number of amides is 1. The lowest BCUT2D eigenvalue weighted by molar-refractivity contribution is -0.118. The van der Waals surface area contributed by atoms with Gasteiger partial charge in [0.15, 0.2) is 10.8 Å². The number of unbranched alkanes of at least 4 members (excludes halogenated alkanes) is 1. The first kappa shape index (κ1) is 17.2. The molecule has 0 bridgehead atoms. The number of nitrogens with zero attached hydrogens (tertiary/aromatic N) is 3. The maximum absolute atomic E-state index is 12.2. The monoisotopic (exact) mass is 357 g/mol. The van der Waals surface area contributed by atoms with Crippen LogP contribution in [0.1, 0.15) is 19.8 Å². The van der Waals surface area contributed by atoms with Crippen LogP contribution in [0.15, 0.2) is 46.5 Å². The van der Waals surface area contributed by atoms with E-state index >= 15 is 0 Å². The van der Waals surface area contributed by atoms with Crippen molar-refractivity contribution in [2.45, 2.75) is 24.9 Å². The van der Waals surface area contributed by atoms with E-state index in [1.54, 1.807) is 4.68 Å². The molecule has 7 nitrogen and oxygen atoms in total. The van der Waals surface area contributed by atoms with Gasteiger partial charge in [0.2, 0.25) is 5.91 Å². The first-order chi connectivity index (χ1) is 12.2. The minimum Gasteiger partial charge on any atom is -0.355 e. The minimum absolute atomic E-state index is 0.0715. The van der Waals surface area contributed by atoms with E-state index < -0.39 is 0 Å². The van der Waals surface area contributed by atoms with Crippen LogP contribution in [0.5, 0.6) is 0 Å². The number of carbonyl (C=O) groups is 1. The van der Waals surface area contributed by atoms with Gasteiger partial charge in [0.1, 0.15) is 5.39 Å². The van der Waals surface area contributed by atoms with Crippen molar-refractivity contribution in [3.8, 4) is 5.69 Å². The maximum atomic E-state index is 12.2. The topological polar surface area (TPSA) is 92.7 Å². The summed E-state index contributed by atoms with van der Waals surface area (Å²) in [5.74, 6) is 0.134. The highest BCUT2D eigenvalue weighted by molar-refractivity contribution is 7.99. The van der Waals surface area contributed by atoms with E-state index in [4.69, 9.17) is 0 Å². The molecular formula is C17H19N5O2S. The number of hydrogen-bond acceptors (Lipinski definition) is 5. The third-order valence-electron chi connectivity index (χ3n) is 3.61. The molecule has 0 saturated heterocycles. The Morgan fingerprint density at radius 3 is 2.88 bits per heavy atom. The molecule has 2 aromatic heterocycles. The van der Waals surface area contributed by atoms with Crippen molar-refractivity contribution < 1.29 is 4.79 Å². The number of nitrogens with one attached hydrogen (secondary N) is 2. The number of aromatic nitrogens is 4. The molecule has 3 aromatic rings. The molecule has 25 heavy (non-hydrogen) atoms. The predicted octanol–water partition coefficient (Wildman–Crippen LogP) is 2.12. The van der Waals surface area contributed by atoms with Crippen LogP contribution in [0, 0.1) is 0 Å². The lowest BCUT2D eigenvalue weighted by Gasteiger charge is -2.05. The molecular weight excluding hydrogens is 338 g/mol. The number of para-hydroxylation sites is 1. The third-order valence-corrected chi connectivity index (χ3v) is 4.48. The molecule has 130 valence electrons. The zero-order valence-electron chi connectivity index (χ0n) is 13.9. The van der Waals surface area contributed by atoms with E-state index in [0.29, 0.717) is 22.7 Å². The maximum Gasteiger partial charge on any atom is 0.262 e. The van der Waals surface area contributed by atoms with E-state index in [1.807, 2.05) is 30.3 Å². The molecule has 0 unspecified atom stereocenters. The molecule has 0 aliphatic heterocycles. The van der Waals surface area contributed by atoms with Crippen molar-refractivity contribution in [2.24, 2.45) is 0 Å². The Balaban J connectivity index is 1.81. The fourth-order valence-corrected chi connectivity index (χ4v) is 3.00. The number of rotatable bonds is 7. The van der Waals surface area contributed by atoms with Crippen LogP contribution < -0.4 is 10.9 Å². The summed E-state index contributed by atoms with van der Waals surface area (Å²) in [6, 6.07) is 9.49. The molecule has 0 aliphatic rings. The van der Waals surface area contributed by atoms with Crippen LogP contribution in [-0.4, -0.2) is 38.0 Å². The van der Waals surface area contributed by atoms with Crippen molar-refractivity contribution in [2.75, 3.05) is 12.3 Å². The smallest absolute Gasteiger partial charge is 0.262 e. The molecule has 0 radical (unpaired) electrons. The second-order valence-corrected chi connectivity index (χ2v) is 6.46.